The number of amides is 1. The third kappa shape index (κ3) is 7.39. The molecule has 2 aromatic carbocycles. The molecule has 5 N–H and O–H groups in total. The summed E-state index contributed by atoms with van der Waals surface area (Å²) in [7, 11) is 3.22. The van der Waals surface area contributed by atoms with Gasteiger partial charge in [0.25, 0.3) is 0 Å². The second-order valence-electron chi connectivity index (χ2n) is 13.0. The Bertz CT molecular complexity index is 1760. The number of hydrogen-bond acceptors (Lipinski definition) is 11. The highest BCUT2D eigenvalue weighted by atomic mass is 19.4. The zero-order valence-electron chi connectivity index (χ0n) is 28.6. The number of alkyl halides is 3. The number of hydrogen-bond donors (Lipinski definition) is 4. The number of nitrogens with zero attached hydrogens (tertiary/aromatic N) is 6. The van der Waals surface area contributed by atoms with E-state index in [1.165, 1.54) is 6.33 Å². The van der Waals surface area contributed by atoms with Gasteiger partial charge in [0.1, 0.15) is 23.7 Å². The van der Waals surface area contributed by atoms with Crippen molar-refractivity contribution in [2.24, 2.45) is 5.73 Å². The van der Waals surface area contributed by atoms with Crippen molar-refractivity contribution in [3.8, 4) is 11.5 Å². The summed E-state index contributed by atoms with van der Waals surface area (Å²) in [6.45, 7) is 2.91. The van der Waals surface area contributed by atoms with Crippen LogP contribution in [0.2, 0.25) is 0 Å². The number of imidazole rings is 1. The van der Waals surface area contributed by atoms with E-state index in [4.69, 9.17) is 25.2 Å². The summed E-state index contributed by atoms with van der Waals surface area (Å²) in [5.41, 5.74) is 8.93. The molecule has 3 heterocycles. The van der Waals surface area contributed by atoms with Crippen molar-refractivity contribution in [2.75, 3.05) is 50.6 Å². The molecule has 0 radical (unpaired) electrons. The molecular formula is C35H43F3N8O5. The van der Waals surface area contributed by atoms with Crippen molar-refractivity contribution < 1.29 is 37.7 Å². The summed E-state index contributed by atoms with van der Waals surface area (Å²) in [6, 6.07) is 13.2. The molecule has 2 aromatic heterocycles. The Morgan fingerprint density at radius 2 is 1.67 bits per heavy atom. The maximum absolute atomic E-state index is 13.6. The molecule has 2 aliphatic rings. The predicted octanol–water partition coefficient (Wildman–Crippen LogP) is 3.46. The molecule has 1 saturated heterocycles. The summed E-state index contributed by atoms with van der Waals surface area (Å²) >= 11 is 0. The van der Waals surface area contributed by atoms with Crippen molar-refractivity contribution in [1.29, 1.82) is 0 Å². The van der Waals surface area contributed by atoms with Gasteiger partial charge in [0.05, 0.1) is 32.6 Å². The Labute approximate surface area is 293 Å². The molecule has 274 valence electrons. The number of nitrogens with two attached hydrogens (primary N) is 1. The average molecular weight is 713 g/mol. The Morgan fingerprint density at radius 1 is 1.04 bits per heavy atom. The van der Waals surface area contributed by atoms with E-state index in [-0.39, 0.29) is 31.3 Å². The maximum Gasteiger partial charge on any atom is 0.471 e. The molecule has 0 spiro atoms. The van der Waals surface area contributed by atoms with Crippen LogP contribution in [0.3, 0.4) is 0 Å². The number of rotatable bonds is 12. The van der Waals surface area contributed by atoms with E-state index in [2.05, 4.69) is 10.3 Å². The molecule has 1 aliphatic carbocycles. The van der Waals surface area contributed by atoms with Crippen LogP contribution in [0.4, 0.5) is 24.9 Å². The summed E-state index contributed by atoms with van der Waals surface area (Å²) in [5, 5.41) is 25.7. The fourth-order valence-corrected chi connectivity index (χ4v) is 7.07. The monoisotopic (exact) mass is 712 g/mol. The number of halogens is 3. The van der Waals surface area contributed by atoms with E-state index in [0.717, 1.165) is 29.0 Å². The molecule has 16 heteroatoms. The Kier molecular flexibility index (Phi) is 10.6. The molecule has 5 atom stereocenters. The van der Waals surface area contributed by atoms with E-state index in [9.17, 15) is 28.2 Å². The number of aliphatic hydroxyl groups excluding tert-OH is 2. The van der Waals surface area contributed by atoms with Gasteiger partial charge < -0.3 is 45.1 Å². The van der Waals surface area contributed by atoms with Crippen LogP contribution in [0, 0.1) is 0 Å². The lowest BCUT2D eigenvalue weighted by molar-refractivity contribution is -0.190. The van der Waals surface area contributed by atoms with Crippen molar-refractivity contribution in [3.63, 3.8) is 0 Å². The first-order chi connectivity index (χ1) is 24.4. The van der Waals surface area contributed by atoms with Gasteiger partial charge in [-0.15, -0.1) is 0 Å². The van der Waals surface area contributed by atoms with Gasteiger partial charge in [0, 0.05) is 38.1 Å². The minimum atomic E-state index is -5.13. The Morgan fingerprint density at radius 3 is 2.20 bits per heavy atom. The van der Waals surface area contributed by atoms with Gasteiger partial charge in [-0.2, -0.15) is 23.1 Å². The smallest absolute Gasteiger partial charge is 0.471 e. The second-order valence-corrected chi connectivity index (χ2v) is 13.0. The molecule has 4 aromatic rings. The fraction of sp³-hybridized carbons (Fsp3) is 0.486. The van der Waals surface area contributed by atoms with Gasteiger partial charge in [0.15, 0.2) is 17.0 Å². The van der Waals surface area contributed by atoms with Crippen LogP contribution in [-0.2, 0) is 4.79 Å². The number of carbonyl (C=O) groups excluding carboxylic acids is 1. The molecule has 0 unspecified atom stereocenters. The topological polar surface area (TPSA) is 164 Å². The molecule has 2 fully saturated rings. The fourth-order valence-electron chi connectivity index (χ4n) is 7.07. The van der Waals surface area contributed by atoms with Gasteiger partial charge in [-0.05, 0) is 54.7 Å². The van der Waals surface area contributed by atoms with Crippen LogP contribution < -0.4 is 25.4 Å². The Hall–Kier alpha value is -4.67. The third-order valence-electron chi connectivity index (χ3n) is 9.77. The first-order valence-corrected chi connectivity index (χ1v) is 16.9. The van der Waals surface area contributed by atoms with E-state index >= 15 is 0 Å². The number of carbonyl (C=O) groups is 1. The highest BCUT2D eigenvalue weighted by molar-refractivity contribution is 5.85. The van der Waals surface area contributed by atoms with Crippen LogP contribution in [0.15, 0.2) is 54.9 Å². The molecule has 0 bridgehead atoms. The van der Waals surface area contributed by atoms with E-state index in [1.54, 1.807) is 25.7 Å². The van der Waals surface area contributed by atoms with Crippen molar-refractivity contribution in [1.82, 2.24) is 24.4 Å². The predicted molar refractivity (Wildman–Crippen MR) is 184 cm³/mol. The van der Waals surface area contributed by atoms with Gasteiger partial charge >= 0.3 is 12.1 Å². The summed E-state index contributed by atoms with van der Waals surface area (Å²) in [5.74, 6) is 0.0140. The maximum atomic E-state index is 13.6. The van der Waals surface area contributed by atoms with Gasteiger partial charge in [0.2, 0.25) is 5.95 Å². The SMILES string of the molecule is CCCN(C(=O)C(F)(F)F)[C@H]1C[C@@H](n2cnc3c(NCC(c4ccc(OC)cc4)c4ccc(OC)cc4)nc(N4CC[C@@H](N)C4)nc32)[C@H](O)[C@@H]1O. The molecule has 1 saturated carbocycles. The normalized spacial score (nSPS) is 22.2. The summed E-state index contributed by atoms with van der Waals surface area (Å²) < 4.78 is 53.0. The highest BCUT2D eigenvalue weighted by Crippen LogP contribution is 2.39. The zero-order chi connectivity index (χ0) is 36.4. The number of anilines is 2. The number of aliphatic hydroxyl groups is 2. The number of benzene rings is 2. The molecule has 6 rings (SSSR count). The quantitative estimate of drug-likeness (QED) is 0.170. The van der Waals surface area contributed by atoms with Crippen molar-refractivity contribution in [3.05, 3.63) is 66.0 Å². The number of aromatic nitrogens is 4. The summed E-state index contributed by atoms with van der Waals surface area (Å²) in [4.78, 5) is 29.2. The minimum Gasteiger partial charge on any atom is -0.497 e. The lowest BCUT2D eigenvalue weighted by Gasteiger charge is -2.31. The number of ether oxygens (including phenoxy) is 2. The second kappa shape index (κ2) is 14.9. The average Bonchev–Trinajstić information content (AvgIpc) is 3.84. The van der Waals surface area contributed by atoms with Gasteiger partial charge in [-0.1, -0.05) is 31.2 Å². The molecule has 1 amide bonds. The van der Waals surface area contributed by atoms with Crippen LogP contribution in [0.5, 0.6) is 11.5 Å². The van der Waals surface area contributed by atoms with E-state index < -0.39 is 36.4 Å². The first kappa shape index (κ1) is 36.1. The third-order valence-corrected chi connectivity index (χ3v) is 9.77. The van der Waals surface area contributed by atoms with Crippen molar-refractivity contribution >= 4 is 28.8 Å². The lowest BCUT2D eigenvalue weighted by Crippen LogP contribution is -2.51. The zero-order valence-corrected chi connectivity index (χ0v) is 28.6. The van der Waals surface area contributed by atoms with Crippen molar-refractivity contribution in [2.45, 2.75) is 68.6 Å². The van der Waals surface area contributed by atoms with Crippen LogP contribution in [0.25, 0.3) is 11.2 Å². The van der Waals surface area contributed by atoms with E-state index in [0.29, 0.717) is 47.5 Å². The first-order valence-electron chi connectivity index (χ1n) is 16.9. The number of nitrogens with one attached hydrogen (secondary N) is 1. The molecule has 1 aliphatic heterocycles. The number of methoxy groups -OCH3 is 2. The minimum absolute atomic E-state index is 0.0802. The standard InChI is InChI=1S/C35H43F3N8O5/c1-4-14-45(33(49)35(36,37)38)26-16-27(30(48)29(26)47)46-19-41-28-31(42-34(43-32(28)46)44-15-13-22(39)18-44)40-17-25(20-5-9-23(50-2)10-6-20)21-7-11-24(51-3)12-8-21/h5-12,19,22,25-27,29-30,47-48H,4,13-18,39H2,1-3H3,(H,40,42,43)/t22-,26+,27-,29-,30+/m1/s1. The molecular weight excluding hydrogens is 669 g/mol. The largest absolute Gasteiger partial charge is 0.497 e. The number of fused-ring (bicyclic) bond motifs is 1. The van der Waals surface area contributed by atoms with Crippen LogP contribution in [0.1, 0.15) is 49.3 Å². The highest BCUT2D eigenvalue weighted by Gasteiger charge is 2.51. The molecule has 51 heavy (non-hydrogen) atoms. The van der Waals surface area contributed by atoms with Gasteiger partial charge in [-0.3, -0.25) is 4.79 Å². The van der Waals surface area contributed by atoms with Crippen LogP contribution in [-0.4, -0.2) is 111 Å². The summed E-state index contributed by atoms with van der Waals surface area (Å²) in [6.07, 6.45) is -6.01. The van der Waals surface area contributed by atoms with Crippen LogP contribution >= 0.6 is 0 Å². The molecule has 13 nitrogen and oxygen atoms in total. The van der Waals surface area contributed by atoms with Gasteiger partial charge in [-0.25, -0.2) is 4.98 Å². The van der Waals surface area contributed by atoms with E-state index in [1.807, 2.05) is 53.4 Å². The lowest BCUT2D eigenvalue weighted by atomic mass is 9.91. The Balaban J connectivity index is 1.37.